The van der Waals surface area contributed by atoms with Crippen molar-refractivity contribution in [3.05, 3.63) is 47.7 Å². The molecule has 19 heavy (non-hydrogen) atoms. The van der Waals surface area contributed by atoms with Gasteiger partial charge in [0.1, 0.15) is 5.75 Å². The molecule has 0 radical (unpaired) electrons. The van der Waals surface area contributed by atoms with E-state index in [2.05, 4.69) is 24.0 Å². The molecule has 0 atom stereocenters. The Bertz CT molecular complexity index is 540. The average Bonchev–Trinajstić information content (AvgIpc) is 2.46. The van der Waals surface area contributed by atoms with Gasteiger partial charge in [-0.2, -0.15) is 0 Å². The van der Waals surface area contributed by atoms with Gasteiger partial charge in [0.2, 0.25) is 5.88 Å². The topological polar surface area (TPSA) is 31.4 Å². The third kappa shape index (κ3) is 3.64. The Balaban J connectivity index is 2.01. The second-order valence-corrected chi connectivity index (χ2v) is 5.15. The number of hydrogen-bond acceptors (Lipinski definition) is 4. The molecule has 0 bridgehead atoms. The standard InChI is InChI=1S/C15H17NO2S/c1-11-8-15(18-3)16-9-14(11)19-10-12-4-6-13(17-2)7-5-12/h4-9H,10H2,1-3H3. The van der Waals surface area contributed by atoms with Gasteiger partial charge in [0.05, 0.1) is 14.2 Å². The molecule has 1 aromatic carbocycles. The molecule has 1 aromatic heterocycles. The Morgan fingerprint density at radius 3 is 2.42 bits per heavy atom. The maximum absolute atomic E-state index is 5.15. The van der Waals surface area contributed by atoms with Gasteiger partial charge in [0, 0.05) is 22.9 Å². The van der Waals surface area contributed by atoms with E-state index >= 15 is 0 Å². The van der Waals surface area contributed by atoms with Crippen LogP contribution in [-0.4, -0.2) is 19.2 Å². The first-order valence-corrected chi connectivity index (χ1v) is 6.98. The summed E-state index contributed by atoms with van der Waals surface area (Å²) in [7, 11) is 3.31. The van der Waals surface area contributed by atoms with Gasteiger partial charge >= 0.3 is 0 Å². The van der Waals surface area contributed by atoms with E-state index in [1.807, 2.05) is 24.4 Å². The second kappa shape index (κ2) is 6.48. The van der Waals surface area contributed by atoms with Crippen molar-refractivity contribution in [3.63, 3.8) is 0 Å². The Kier molecular flexibility index (Phi) is 4.68. The smallest absolute Gasteiger partial charge is 0.213 e. The van der Waals surface area contributed by atoms with E-state index < -0.39 is 0 Å². The van der Waals surface area contributed by atoms with Crippen LogP contribution in [0.4, 0.5) is 0 Å². The Morgan fingerprint density at radius 2 is 1.84 bits per heavy atom. The van der Waals surface area contributed by atoms with Crippen LogP contribution in [0.25, 0.3) is 0 Å². The molecule has 2 aromatic rings. The fourth-order valence-electron chi connectivity index (χ4n) is 1.66. The largest absolute Gasteiger partial charge is 0.497 e. The highest BCUT2D eigenvalue weighted by Crippen LogP contribution is 2.27. The Hall–Kier alpha value is -1.68. The highest BCUT2D eigenvalue weighted by Gasteiger charge is 2.03. The Morgan fingerprint density at radius 1 is 1.11 bits per heavy atom. The summed E-state index contributed by atoms with van der Waals surface area (Å²) in [5, 5.41) is 0. The van der Waals surface area contributed by atoms with Crippen LogP contribution in [0.15, 0.2) is 41.4 Å². The summed E-state index contributed by atoms with van der Waals surface area (Å²) in [6.07, 6.45) is 1.86. The van der Waals surface area contributed by atoms with Crippen molar-refractivity contribution in [1.29, 1.82) is 0 Å². The van der Waals surface area contributed by atoms with Crippen molar-refractivity contribution >= 4 is 11.8 Å². The van der Waals surface area contributed by atoms with Crippen LogP contribution in [0.5, 0.6) is 11.6 Å². The molecule has 1 heterocycles. The molecule has 0 N–H and O–H groups in total. The fourth-order valence-corrected chi connectivity index (χ4v) is 2.59. The summed E-state index contributed by atoms with van der Waals surface area (Å²) in [6.45, 7) is 2.07. The van der Waals surface area contributed by atoms with Crippen molar-refractivity contribution in [3.8, 4) is 11.6 Å². The van der Waals surface area contributed by atoms with E-state index in [-0.39, 0.29) is 0 Å². The summed E-state index contributed by atoms with van der Waals surface area (Å²) in [4.78, 5) is 5.41. The molecule has 0 unspecified atom stereocenters. The van der Waals surface area contributed by atoms with E-state index in [1.54, 1.807) is 26.0 Å². The summed E-state index contributed by atoms with van der Waals surface area (Å²) in [6, 6.07) is 10.1. The number of aromatic nitrogens is 1. The third-order valence-corrected chi connectivity index (χ3v) is 4.02. The van der Waals surface area contributed by atoms with Crippen LogP contribution < -0.4 is 9.47 Å². The van der Waals surface area contributed by atoms with Crippen molar-refractivity contribution in [1.82, 2.24) is 4.98 Å². The summed E-state index contributed by atoms with van der Waals surface area (Å²) >= 11 is 1.77. The number of methoxy groups -OCH3 is 2. The summed E-state index contributed by atoms with van der Waals surface area (Å²) in [5.74, 6) is 2.46. The third-order valence-electron chi connectivity index (χ3n) is 2.80. The zero-order valence-electron chi connectivity index (χ0n) is 11.3. The first kappa shape index (κ1) is 13.7. The van der Waals surface area contributed by atoms with Crippen molar-refractivity contribution < 1.29 is 9.47 Å². The maximum Gasteiger partial charge on any atom is 0.213 e. The summed E-state index contributed by atoms with van der Waals surface area (Å²) < 4.78 is 10.2. The van der Waals surface area contributed by atoms with Gasteiger partial charge in [0.15, 0.2) is 0 Å². The van der Waals surface area contributed by atoms with E-state index in [4.69, 9.17) is 9.47 Å². The number of hydrogen-bond donors (Lipinski definition) is 0. The van der Waals surface area contributed by atoms with Crippen molar-refractivity contribution in [2.45, 2.75) is 17.6 Å². The lowest BCUT2D eigenvalue weighted by molar-refractivity contribution is 0.397. The molecule has 0 fully saturated rings. The van der Waals surface area contributed by atoms with E-state index in [9.17, 15) is 0 Å². The molecular weight excluding hydrogens is 258 g/mol. The van der Waals surface area contributed by atoms with Crippen molar-refractivity contribution in [2.75, 3.05) is 14.2 Å². The number of ether oxygens (including phenoxy) is 2. The first-order chi connectivity index (χ1) is 9.22. The van der Waals surface area contributed by atoms with Crippen LogP contribution in [0.3, 0.4) is 0 Å². The first-order valence-electron chi connectivity index (χ1n) is 5.99. The minimum Gasteiger partial charge on any atom is -0.497 e. The van der Waals surface area contributed by atoms with E-state index in [1.165, 1.54) is 16.0 Å². The van der Waals surface area contributed by atoms with Crippen LogP contribution in [-0.2, 0) is 5.75 Å². The number of pyridine rings is 1. The normalized spacial score (nSPS) is 10.3. The molecule has 0 saturated heterocycles. The van der Waals surface area contributed by atoms with Gasteiger partial charge in [-0.1, -0.05) is 12.1 Å². The molecule has 3 nitrogen and oxygen atoms in total. The SMILES string of the molecule is COc1ccc(CSc2cnc(OC)cc2C)cc1. The molecule has 0 aliphatic carbocycles. The lowest BCUT2D eigenvalue weighted by Crippen LogP contribution is -1.90. The zero-order valence-corrected chi connectivity index (χ0v) is 12.2. The van der Waals surface area contributed by atoms with Gasteiger partial charge in [-0.15, -0.1) is 11.8 Å². The predicted octanol–water partition coefficient (Wildman–Crippen LogP) is 3.70. The van der Waals surface area contributed by atoms with Crippen LogP contribution in [0.2, 0.25) is 0 Å². The molecule has 0 aliphatic rings. The zero-order chi connectivity index (χ0) is 13.7. The molecule has 0 saturated carbocycles. The molecule has 100 valence electrons. The van der Waals surface area contributed by atoms with Gasteiger partial charge in [-0.05, 0) is 30.2 Å². The van der Waals surface area contributed by atoms with Gasteiger partial charge in [-0.3, -0.25) is 0 Å². The Labute approximate surface area is 118 Å². The average molecular weight is 275 g/mol. The van der Waals surface area contributed by atoms with Crippen LogP contribution in [0.1, 0.15) is 11.1 Å². The van der Waals surface area contributed by atoms with Crippen LogP contribution >= 0.6 is 11.8 Å². The molecule has 0 amide bonds. The lowest BCUT2D eigenvalue weighted by Gasteiger charge is -2.07. The number of rotatable bonds is 5. The number of thioether (sulfide) groups is 1. The monoisotopic (exact) mass is 275 g/mol. The van der Waals surface area contributed by atoms with Gasteiger partial charge in [-0.25, -0.2) is 4.98 Å². The quantitative estimate of drug-likeness (QED) is 0.779. The minimum atomic E-state index is 0.659. The summed E-state index contributed by atoms with van der Waals surface area (Å²) in [5.41, 5.74) is 2.45. The number of aryl methyl sites for hydroxylation is 1. The van der Waals surface area contributed by atoms with Gasteiger partial charge < -0.3 is 9.47 Å². The fraction of sp³-hybridized carbons (Fsp3) is 0.267. The molecule has 0 spiro atoms. The van der Waals surface area contributed by atoms with E-state index in [0.29, 0.717) is 5.88 Å². The van der Waals surface area contributed by atoms with E-state index in [0.717, 1.165) is 11.5 Å². The molecule has 4 heteroatoms. The number of nitrogens with zero attached hydrogens (tertiary/aromatic N) is 1. The predicted molar refractivity (Wildman–Crippen MR) is 78.1 cm³/mol. The minimum absolute atomic E-state index is 0.659. The van der Waals surface area contributed by atoms with Crippen LogP contribution in [0, 0.1) is 6.92 Å². The number of benzene rings is 1. The highest BCUT2D eigenvalue weighted by atomic mass is 32.2. The highest BCUT2D eigenvalue weighted by molar-refractivity contribution is 7.98. The maximum atomic E-state index is 5.15. The molecular formula is C15H17NO2S. The van der Waals surface area contributed by atoms with Gasteiger partial charge in [0.25, 0.3) is 0 Å². The molecule has 2 rings (SSSR count). The van der Waals surface area contributed by atoms with Crippen molar-refractivity contribution in [2.24, 2.45) is 0 Å². The second-order valence-electron chi connectivity index (χ2n) is 4.13. The molecule has 0 aliphatic heterocycles. The lowest BCUT2D eigenvalue weighted by atomic mass is 10.2.